The molecule has 2 heterocycles. The molecule has 0 radical (unpaired) electrons. The van der Waals surface area contributed by atoms with Crippen LogP contribution < -0.4 is 5.32 Å². The Hall–Kier alpha value is -2.99. The van der Waals surface area contributed by atoms with Gasteiger partial charge in [-0.15, -0.1) is 11.3 Å². The number of amides is 1. The highest BCUT2D eigenvalue weighted by molar-refractivity contribution is 7.17. The molecular weight excluding hydrogens is 358 g/mol. The van der Waals surface area contributed by atoms with E-state index in [1.165, 1.54) is 11.3 Å². The second-order valence-corrected chi connectivity index (χ2v) is 7.64. The number of aryl methyl sites for hydroxylation is 1. The summed E-state index contributed by atoms with van der Waals surface area (Å²) < 4.78 is 5.71. The van der Waals surface area contributed by atoms with Crippen LogP contribution in [0.15, 0.2) is 52.9 Å². The molecule has 1 N–H and O–H groups in total. The molecule has 2 aromatic carbocycles. The lowest BCUT2D eigenvalue weighted by atomic mass is 10.2. The van der Waals surface area contributed by atoms with Crippen molar-refractivity contribution in [3.63, 3.8) is 0 Å². The first kappa shape index (κ1) is 17.4. The molecule has 0 aliphatic rings. The van der Waals surface area contributed by atoms with Crippen LogP contribution in [0.4, 0.5) is 5.69 Å². The lowest BCUT2D eigenvalue weighted by molar-refractivity contribution is 0.103. The van der Waals surface area contributed by atoms with Crippen LogP contribution in [-0.4, -0.2) is 15.9 Å². The van der Waals surface area contributed by atoms with E-state index < -0.39 is 0 Å². The smallest absolute Gasteiger partial charge is 0.267 e. The van der Waals surface area contributed by atoms with Crippen molar-refractivity contribution in [2.75, 3.05) is 5.32 Å². The van der Waals surface area contributed by atoms with Crippen molar-refractivity contribution in [2.24, 2.45) is 0 Å². The fraction of sp³-hybridized carbons (Fsp3) is 0.190. The number of oxazole rings is 1. The number of fused-ring (bicyclic) bond motifs is 1. The predicted molar refractivity (Wildman–Crippen MR) is 108 cm³/mol. The Balaban J connectivity index is 1.59. The first-order chi connectivity index (χ1) is 13.0. The minimum Gasteiger partial charge on any atom is -0.440 e. The highest BCUT2D eigenvalue weighted by Crippen LogP contribution is 2.29. The fourth-order valence-electron chi connectivity index (χ4n) is 2.77. The van der Waals surface area contributed by atoms with Crippen LogP contribution in [0.25, 0.3) is 21.7 Å². The van der Waals surface area contributed by atoms with Gasteiger partial charge >= 0.3 is 0 Å². The first-order valence-corrected chi connectivity index (χ1v) is 9.57. The van der Waals surface area contributed by atoms with Crippen molar-refractivity contribution in [3.05, 3.63) is 65.0 Å². The summed E-state index contributed by atoms with van der Waals surface area (Å²) in [5.41, 5.74) is 3.88. The van der Waals surface area contributed by atoms with Gasteiger partial charge in [-0.25, -0.2) is 9.97 Å². The van der Waals surface area contributed by atoms with Gasteiger partial charge in [-0.3, -0.25) is 4.79 Å². The molecule has 6 heteroatoms. The quantitative estimate of drug-likeness (QED) is 0.500. The number of aromatic nitrogens is 2. The van der Waals surface area contributed by atoms with Gasteiger partial charge < -0.3 is 9.73 Å². The van der Waals surface area contributed by atoms with Crippen molar-refractivity contribution in [2.45, 2.75) is 26.7 Å². The number of hydrogen-bond acceptors (Lipinski definition) is 5. The molecule has 0 bridgehead atoms. The summed E-state index contributed by atoms with van der Waals surface area (Å²) in [6, 6.07) is 15.4. The average Bonchev–Trinajstić information content (AvgIpc) is 3.26. The van der Waals surface area contributed by atoms with E-state index in [1.54, 1.807) is 0 Å². The molecule has 0 spiro atoms. The van der Waals surface area contributed by atoms with Gasteiger partial charge in [-0.1, -0.05) is 44.2 Å². The minimum atomic E-state index is -0.167. The molecule has 1 amide bonds. The number of carbonyl (C=O) groups is 1. The maximum atomic E-state index is 12.7. The molecule has 0 saturated carbocycles. The highest BCUT2D eigenvalue weighted by atomic mass is 32.1. The SMILES string of the molecule is Cc1nc(-c2ccccc2)sc1C(=O)Nc1ccc2oc(C(C)C)nc2c1. The second-order valence-electron chi connectivity index (χ2n) is 6.64. The summed E-state index contributed by atoms with van der Waals surface area (Å²) in [4.78, 5) is 22.4. The van der Waals surface area contributed by atoms with Gasteiger partial charge in [0.25, 0.3) is 5.91 Å². The number of rotatable bonds is 4. The third-order valence-electron chi connectivity index (χ3n) is 4.18. The van der Waals surface area contributed by atoms with Gasteiger partial charge in [0.05, 0.1) is 5.69 Å². The van der Waals surface area contributed by atoms with Crippen LogP contribution in [0.2, 0.25) is 0 Å². The van der Waals surface area contributed by atoms with Crippen molar-refractivity contribution < 1.29 is 9.21 Å². The van der Waals surface area contributed by atoms with Gasteiger partial charge in [-0.2, -0.15) is 0 Å². The Kier molecular flexibility index (Phi) is 4.49. The van der Waals surface area contributed by atoms with Crippen LogP contribution in [-0.2, 0) is 0 Å². The lowest BCUT2D eigenvalue weighted by Crippen LogP contribution is -2.11. The van der Waals surface area contributed by atoms with E-state index in [1.807, 2.05) is 69.3 Å². The molecule has 5 nitrogen and oxygen atoms in total. The summed E-state index contributed by atoms with van der Waals surface area (Å²) in [6.45, 7) is 5.92. The summed E-state index contributed by atoms with van der Waals surface area (Å²) in [7, 11) is 0. The number of anilines is 1. The lowest BCUT2D eigenvalue weighted by Gasteiger charge is -2.03. The second kappa shape index (κ2) is 6.96. The third kappa shape index (κ3) is 3.48. The summed E-state index contributed by atoms with van der Waals surface area (Å²) >= 11 is 1.39. The molecule has 0 fully saturated rings. The van der Waals surface area contributed by atoms with Gasteiger partial charge in [0.1, 0.15) is 15.4 Å². The topological polar surface area (TPSA) is 68.0 Å². The van der Waals surface area contributed by atoms with E-state index in [0.29, 0.717) is 16.5 Å². The molecule has 0 aliphatic heterocycles. The maximum Gasteiger partial charge on any atom is 0.267 e. The average molecular weight is 377 g/mol. The molecule has 4 rings (SSSR count). The predicted octanol–water partition coefficient (Wildman–Crippen LogP) is 5.64. The zero-order valence-corrected chi connectivity index (χ0v) is 16.1. The van der Waals surface area contributed by atoms with E-state index in [9.17, 15) is 4.79 Å². The van der Waals surface area contributed by atoms with Crippen molar-refractivity contribution in [1.82, 2.24) is 9.97 Å². The van der Waals surface area contributed by atoms with Crippen LogP contribution in [0, 0.1) is 6.92 Å². The number of nitrogens with one attached hydrogen (secondary N) is 1. The Labute approximate surface area is 161 Å². The summed E-state index contributed by atoms with van der Waals surface area (Å²) in [5, 5.41) is 3.78. The van der Waals surface area contributed by atoms with Gasteiger partial charge in [0.2, 0.25) is 0 Å². The zero-order valence-electron chi connectivity index (χ0n) is 15.3. The molecule has 0 aliphatic carbocycles. The molecule has 2 aromatic heterocycles. The van der Waals surface area contributed by atoms with Gasteiger partial charge in [-0.05, 0) is 25.1 Å². The van der Waals surface area contributed by atoms with E-state index >= 15 is 0 Å². The molecule has 0 atom stereocenters. The highest BCUT2D eigenvalue weighted by Gasteiger charge is 2.17. The van der Waals surface area contributed by atoms with Crippen molar-refractivity contribution in [3.8, 4) is 10.6 Å². The number of hydrogen-bond donors (Lipinski definition) is 1. The normalized spacial score (nSPS) is 11.3. The van der Waals surface area contributed by atoms with Crippen LogP contribution >= 0.6 is 11.3 Å². The largest absolute Gasteiger partial charge is 0.440 e. The minimum absolute atomic E-state index is 0.167. The third-order valence-corrected chi connectivity index (χ3v) is 5.38. The maximum absolute atomic E-state index is 12.7. The number of carbonyl (C=O) groups excluding carboxylic acids is 1. The number of nitrogens with zero attached hydrogens (tertiary/aromatic N) is 2. The fourth-order valence-corrected chi connectivity index (χ4v) is 3.74. The summed E-state index contributed by atoms with van der Waals surface area (Å²) in [5.74, 6) is 0.741. The van der Waals surface area contributed by atoms with Gasteiger partial charge in [0.15, 0.2) is 11.5 Å². The van der Waals surface area contributed by atoms with E-state index in [2.05, 4.69) is 15.3 Å². The molecular formula is C21H19N3O2S. The van der Waals surface area contributed by atoms with Crippen LogP contribution in [0.3, 0.4) is 0 Å². The number of thiazole rings is 1. The first-order valence-electron chi connectivity index (χ1n) is 8.76. The molecule has 0 saturated heterocycles. The number of benzene rings is 2. The van der Waals surface area contributed by atoms with Crippen molar-refractivity contribution in [1.29, 1.82) is 0 Å². The van der Waals surface area contributed by atoms with E-state index in [-0.39, 0.29) is 11.8 Å². The van der Waals surface area contributed by atoms with Crippen molar-refractivity contribution >= 4 is 34.0 Å². The molecule has 136 valence electrons. The standard InChI is InChI=1S/C21H19N3O2S/c1-12(2)20-24-16-11-15(9-10-17(16)26-20)23-19(25)18-13(3)22-21(27-18)14-7-5-4-6-8-14/h4-12H,1-3H3,(H,23,25). The zero-order chi connectivity index (χ0) is 19.0. The van der Waals surface area contributed by atoms with Crippen LogP contribution in [0.5, 0.6) is 0 Å². The Morgan fingerprint density at radius 1 is 1.11 bits per heavy atom. The Morgan fingerprint density at radius 2 is 1.89 bits per heavy atom. The van der Waals surface area contributed by atoms with E-state index in [0.717, 1.165) is 27.4 Å². The summed E-state index contributed by atoms with van der Waals surface area (Å²) in [6.07, 6.45) is 0. The Morgan fingerprint density at radius 3 is 2.63 bits per heavy atom. The molecule has 27 heavy (non-hydrogen) atoms. The molecule has 0 unspecified atom stereocenters. The Bertz CT molecular complexity index is 1110. The van der Waals surface area contributed by atoms with E-state index in [4.69, 9.17) is 4.42 Å². The van der Waals surface area contributed by atoms with Crippen LogP contribution in [0.1, 0.15) is 41.0 Å². The van der Waals surface area contributed by atoms with Gasteiger partial charge in [0, 0.05) is 17.2 Å². The molecule has 4 aromatic rings. The monoisotopic (exact) mass is 377 g/mol.